The fourth-order valence-electron chi connectivity index (χ4n) is 2.89. The van der Waals surface area contributed by atoms with Gasteiger partial charge in [0.2, 0.25) is 0 Å². The maximum absolute atomic E-state index is 11.5. The number of carbonyl (C=O) groups excluding carboxylic acids is 2. The first-order valence-corrected chi connectivity index (χ1v) is 11.3. The largest absolute Gasteiger partial charge is 0.361 e. The van der Waals surface area contributed by atoms with Crippen LogP contribution in [-0.4, -0.2) is 11.6 Å². The molecule has 181 valence electrons. The molecule has 0 bridgehead atoms. The van der Waals surface area contributed by atoms with Crippen LogP contribution < -0.4 is 10.6 Å². The van der Waals surface area contributed by atoms with Gasteiger partial charge in [0, 0.05) is 61.8 Å². The molecule has 0 saturated heterocycles. The summed E-state index contributed by atoms with van der Waals surface area (Å²) in [7, 11) is 0. The number of allylic oxidation sites excluding steroid dienone is 10. The Morgan fingerprint density at radius 1 is 0.600 bits per heavy atom. The molecule has 2 aliphatic carbocycles. The summed E-state index contributed by atoms with van der Waals surface area (Å²) in [5.41, 5.74) is 5.38. The van der Waals surface area contributed by atoms with Gasteiger partial charge in [0.1, 0.15) is 0 Å². The average Bonchev–Trinajstić information content (AvgIpc) is 2.83. The molecule has 4 rings (SSSR count). The number of carbonyl (C=O) groups is 2. The molecular formula is C28H24Cl2CoN2O2. The van der Waals surface area contributed by atoms with Crippen molar-refractivity contribution >= 4 is 46.1 Å². The van der Waals surface area contributed by atoms with E-state index in [9.17, 15) is 9.59 Å². The Labute approximate surface area is 226 Å². The molecule has 0 aromatic heterocycles. The van der Waals surface area contributed by atoms with Crippen LogP contribution in [-0.2, 0) is 26.4 Å². The molecule has 2 aliphatic rings. The summed E-state index contributed by atoms with van der Waals surface area (Å²) in [5.74, 6) is -0.0944. The zero-order chi connectivity index (χ0) is 24.5. The Kier molecular flexibility index (Phi) is 11.0. The predicted molar refractivity (Wildman–Crippen MR) is 142 cm³/mol. The molecule has 2 aromatic rings. The van der Waals surface area contributed by atoms with E-state index in [0.29, 0.717) is 21.2 Å². The van der Waals surface area contributed by atoms with Crippen molar-refractivity contribution in [2.45, 2.75) is 13.8 Å². The second kappa shape index (κ2) is 13.7. The van der Waals surface area contributed by atoms with Crippen molar-refractivity contribution in [2.24, 2.45) is 0 Å². The standard InChI is InChI=1S/2C14H12ClNO.Co/c2*1-10-2-5-13(6-3-10)16-9-11-8-12(15)4-7-14(11)17;/h2*2-9,16H,1H3;. The minimum Gasteiger partial charge on any atom is -0.361 e. The molecule has 0 saturated carbocycles. The van der Waals surface area contributed by atoms with E-state index in [-0.39, 0.29) is 28.3 Å². The number of rotatable bonds is 4. The van der Waals surface area contributed by atoms with Gasteiger partial charge in [0.05, 0.1) is 0 Å². The van der Waals surface area contributed by atoms with E-state index < -0.39 is 0 Å². The van der Waals surface area contributed by atoms with Gasteiger partial charge in [-0.05, 0) is 74.6 Å². The molecule has 0 spiro atoms. The molecule has 4 nitrogen and oxygen atoms in total. The minimum atomic E-state index is -0.0472. The normalized spacial score (nSPS) is 16.7. The molecule has 0 amide bonds. The van der Waals surface area contributed by atoms with E-state index in [0.717, 1.165) is 11.4 Å². The number of hydrogen-bond donors (Lipinski definition) is 2. The molecule has 7 heteroatoms. The monoisotopic (exact) mass is 549 g/mol. The first-order valence-electron chi connectivity index (χ1n) is 10.6. The number of ketones is 2. The molecule has 2 aromatic carbocycles. The number of aryl methyl sites for hydroxylation is 2. The molecule has 0 fully saturated rings. The predicted octanol–water partition coefficient (Wildman–Crippen LogP) is 7.10. The molecule has 35 heavy (non-hydrogen) atoms. The van der Waals surface area contributed by atoms with Gasteiger partial charge in [-0.2, -0.15) is 0 Å². The van der Waals surface area contributed by atoms with Crippen molar-refractivity contribution in [1.82, 2.24) is 0 Å². The molecule has 1 radical (unpaired) electrons. The van der Waals surface area contributed by atoms with Crippen LogP contribution in [0.15, 0.2) is 119 Å². The Hall–Kier alpha value is -3.09. The smallest absolute Gasteiger partial charge is 0.187 e. The van der Waals surface area contributed by atoms with Gasteiger partial charge >= 0.3 is 0 Å². The van der Waals surface area contributed by atoms with E-state index in [1.807, 2.05) is 62.4 Å². The SMILES string of the molecule is Cc1ccc(NC=C2C=C(Cl)C=CC2=O)cc1.Cc1ccc(NC=C2C=C(Cl)C=CC2=O)cc1.[Co]. The summed E-state index contributed by atoms with van der Waals surface area (Å²) in [6.45, 7) is 4.06. The minimum absolute atomic E-state index is 0. The number of hydrogen-bond acceptors (Lipinski definition) is 4. The van der Waals surface area contributed by atoms with E-state index >= 15 is 0 Å². The number of nitrogens with one attached hydrogen (secondary N) is 2. The van der Waals surface area contributed by atoms with Gasteiger partial charge in [-0.15, -0.1) is 0 Å². The van der Waals surface area contributed by atoms with Crippen molar-refractivity contribution in [1.29, 1.82) is 0 Å². The van der Waals surface area contributed by atoms with Crippen LogP contribution >= 0.6 is 23.2 Å². The molecule has 0 heterocycles. The summed E-state index contributed by atoms with van der Waals surface area (Å²) in [6, 6.07) is 15.9. The van der Waals surface area contributed by atoms with Crippen LogP contribution in [0.25, 0.3) is 0 Å². The zero-order valence-corrected chi connectivity index (χ0v) is 21.7. The van der Waals surface area contributed by atoms with E-state index in [4.69, 9.17) is 23.2 Å². The molecule has 0 unspecified atom stereocenters. The first-order chi connectivity index (χ1) is 16.3. The van der Waals surface area contributed by atoms with Crippen LogP contribution in [0.4, 0.5) is 11.4 Å². The molecule has 2 N–H and O–H groups in total. The maximum atomic E-state index is 11.5. The van der Waals surface area contributed by atoms with Crippen molar-refractivity contribution in [3.05, 3.63) is 130 Å². The van der Waals surface area contributed by atoms with Crippen LogP contribution in [0.2, 0.25) is 0 Å². The third kappa shape index (κ3) is 9.23. The second-order valence-electron chi connectivity index (χ2n) is 7.67. The van der Waals surface area contributed by atoms with Gasteiger partial charge in [0.15, 0.2) is 11.6 Å². The number of anilines is 2. The topological polar surface area (TPSA) is 58.2 Å². The Bertz CT molecular complexity index is 1150. The van der Waals surface area contributed by atoms with Crippen LogP contribution in [0, 0.1) is 13.8 Å². The summed E-state index contributed by atoms with van der Waals surface area (Å²) < 4.78 is 0. The van der Waals surface area contributed by atoms with E-state index in [1.54, 1.807) is 36.7 Å². The van der Waals surface area contributed by atoms with Crippen LogP contribution in [0.5, 0.6) is 0 Å². The Morgan fingerprint density at radius 3 is 1.29 bits per heavy atom. The third-order valence-corrected chi connectivity index (χ3v) is 5.31. The average molecular weight is 550 g/mol. The number of halogens is 2. The zero-order valence-electron chi connectivity index (χ0n) is 19.1. The molecule has 0 aliphatic heterocycles. The number of benzene rings is 2. The Balaban J connectivity index is 0.000000240. The van der Waals surface area contributed by atoms with Crippen molar-refractivity contribution in [3.63, 3.8) is 0 Å². The van der Waals surface area contributed by atoms with E-state index in [1.165, 1.54) is 23.3 Å². The van der Waals surface area contributed by atoms with Gasteiger partial charge in [-0.1, -0.05) is 58.6 Å². The maximum Gasteiger partial charge on any atom is 0.187 e. The van der Waals surface area contributed by atoms with Gasteiger partial charge in [0.25, 0.3) is 0 Å². The molecule has 0 atom stereocenters. The summed E-state index contributed by atoms with van der Waals surface area (Å²) in [5, 5.41) is 7.26. The third-order valence-electron chi connectivity index (χ3n) is 4.84. The van der Waals surface area contributed by atoms with Crippen molar-refractivity contribution in [3.8, 4) is 0 Å². The second-order valence-corrected chi connectivity index (χ2v) is 8.55. The van der Waals surface area contributed by atoms with E-state index in [2.05, 4.69) is 10.6 Å². The summed E-state index contributed by atoms with van der Waals surface area (Å²) in [6.07, 6.45) is 12.7. The van der Waals surface area contributed by atoms with Crippen molar-refractivity contribution in [2.75, 3.05) is 10.6 Å². The van der Waals surface area contributed by atoms with Crippen LogP contribution in [0.1, 0.15) is 11.1 Å². The van der Waals surface area contributed by atoms with Gasteiger partial charge in [-0.25, -0.2) is 0 Å². The van der Waals surface area contributed by atoms with Crippen molar-refractivity contribution < 1.29 is 26.4 Å². The Morgan fingerprint density at radius 2 is 0.943 bits per heavy atom. The molecular weight excluding hydrogens is 526 g/mol. The first kappa shape index (κ1) is 28.1. The summed E-state index contributed by atoms with van der Waals surface area (Å²) >= 11 is 11.7. The fraction of sp³-hybridized carbons (Fsp3) is 0.0714. The summed E-state index contributed by atoms with van der Waals surface area (Å²) in [4.78, 5) is 23.0. The van der Waals surface area contributed by atoms with Crippen LogP contribution in [0.3, 0.4) is 0 Å². The van der Waals surface area contributed by atoms with Gasteiger partial charge < -0.3 is 10.6 Å². The quantitative estimate of drug-likeness (QED) is 0.399. The van der Waals surface area contributed by atoms with Gasteiger partial charge in [-0.3, -0.25) is 9.59 Å². The fourth-order valence-corrected chi connectivity index (χ4v) is 3.25.